The SMILES string of the molecule is CC(C)(Cl)C(Br)CCC(CBr)=C(Cl)CCl. The molecule has 0 aromatic carbocycles. The molecule has 0 spiro atoms. The van der Waals surface area contributed by atoms with Crippen LogP contribution in [0.1, 0.15) is 26.7 Å². The molecular formula is C10H15Br2Cl3. The van der Waals surface area contributed by atoms with Crippen molar-refractivity contribution in [2.45, 2.75) is 36.4 Å². The van der Waals surface area contributed by atoms with Crippen LogP contribution in [0.5, 0.6) is 0 Å². The molecule has 0 aromatic heterocycles. The van der Waals surface area contributed by atoms with Crippen molar-refractivity contribution in [3.8, 4) is 0 Å². The largest absolute Gasteiger partial charge is 0.121 e. The predicted molar refractivity (Wildman–Crippen MR) is 79.3 cm³/mol. The van der Waals surface area contributed by atoms with E-state index in [1.807, 2.05) is 13.8 Å². The average Bonchev–Trinajstić information content (AvgIpc) is 2.16. The van der Waals surface area contributed by atoms with Gasteiger partial charge in [0.1, 0.15) is 0 Å². The summed E-state index contributed by atoms with van der Waals surface area (Å²) in [7, 11) is 0. The molecule has 90 valence electrons. The van der Waals surface area contributed by atoms with E-state index >= 15 is 0 Å². The maximum Gasteiger partial charge on any atom is 0.0581 e. The van der Waals surface area contributed by atoms with Gasteiger partial charge in [-0.2, -0.15) is 0 Å². The molecule has 0 nitrogen and oxygen atoms in total. The van der Waals surface area contributed by atoms with E-state index in [1.54, 1.807) is 0 Å². The molecule has 0 N–H and O–H groups in total. The van der Waals surface area contributed by atoms with Crippen molar-refractivity contribution in [2.24, 2.45) is 0 Å². The minimum atomic E-state index is -0.245. The first-order valence-electron chi connectivity index (χ1n) is 4.64. The fourth-order valence-electron chi connectivity index (χ4n) is 1.01. The first kappa shape index (κ1) is 16.6. The smallest absolute Gasteiger partial charge is 0.0581 e. The fraction of sp³-hybridized carbons (Fsp3) is 0.800. The minimum absolute atomic E-state index is 0.245. The van der Waals surface area contributed by atoms with Crippen LogP contribution in [0.2, 0.25) is 0 Å². The zero-order chi connectivity index (χ0) is 12.1. The summed E-state index contributed by atoms with van der Waals surface area (Å²) < 4.78 is 0. The number of hydrogen-bond acceptors (Lipinski definition) is 0. The molecule has 5 heteroatoms. The van der Waals surface area contributed by atoms with Gasteiger partial charge in [0, 0.05) is 15.2 Å². The lowest BCUT2D eigenvalue weighted by atomic mass is 10.0. The van der Waals surface area contributed by atoms with Crippen LogP contribution < -0.4 is 0 Å². The van der Waals surface area contributed by atoms with Crippen LogP contribution >= 0.6 is 66.7 Å². The predicted octanol–water partition coefficient (Wildman–Crippen LogP) is 5.67. The van der Waals surface area contributed by atoms with E-state index in [2.05, 4.69) is 31.9 Å². The van der Waals surface area contributed by atoms with Gasteiger partial charge in [-0.3, -0.25) is 0 Å². The first-order valence-corrected chi connectivity index (χ1v) is 7.97. The highest BCUT2D eigenvalue weighted by Crippen LogP contribution is 2.30. The van der Waals surface area contributed by atoms with Gasteiger partial charge in [-0.25, -0.2) is 0 Å². The summed E-state index contributed by atoms with van der Waals surface area (Å²) in [6, 6.07) is 0. The van der Waals surface area contributed by atoms with Gasteiger partial charge in [0.25, 0.3) is 0 Å². The lowest BCUT2D eigenvalue weighted by Crippen LogP contribution is -2.24. The summed E-state index contributed by atoms with van der Waals surface area (Å²) in [5.74, 6) is 0.375. The maximum atomic E-state index is 6.19. The average molecular weight is 401 g/mol. The van der Waals surface area contributed by atoms with Crippen LogP contribution in [0.3, 0.4) is 0 Å². The molecule has 0 aliphatic carbocycles. The van der Waals surface area contributed by atoms with Gasteiger partial charge in [0.2, 0.25) is 0 Å². The minimum Gasteiger partial charge on any atom is -0.121 e. The summed E-state index contributed by atoms with van der Waals surface area (Å²) in [5, 5.41) is 1.50. The van der Waals surface area contributed by atoms with Crippen molar-refractivity contribution < 1.29 is 0 Å². The molecule has 15 heavy (non-hydrogen) atoms. The molecule has 1 atom stereocenters. The number of halogens is 5. The van der Waals surface area contributed by atoms with Crippen LogP contribution in [-0.4, -0.2) is 20.9 Å². The second-order valence-electron chi connectivity index (χ2n) is 3.85. The second kappa shape index (κ2) is 7.81. The molecule has 0 aliphatic rings. The van der Waals surface area contributed by atoms with Crippen LogP contribution in [0.15, 0.2) is 10.6 Å². The van der Waals surface area contributed by atoms with E-state index in [0.717, 1.165) is 28.8 Å². The Morgan fingerprint density at radius 1 is 1.40 bits per heavy atom. The number of rotatable bonds is 6. The molecule has 0 aliphatic heterocycles. The monoisotopic (exact) mass is 398 g/mol. The molecule has 0 heterocycles. The molecule has 1 unspecified atom stereocenters. The van der Waals surface area contributed by atoms with Crippen LogP contribution in [-0.2, 0) is 0 Å². The Hall–Kier alpha value is 1.57. The standard InChI is InChI=1S/C10H15Br2Cl3/c1-10(2,15)9(12)4-3-7(5-11)8(14)6-13/h9H,3-6H2,1-2H3. The normalized spacial score (nSPS) is 16.2. The summed E-state index contributed by atoms with van der Waals surface area (Å²) in [6.07, 6.45) is 1.85. The van der Waals surface area contributed by atoms with Gasteiger partial charge in [-0.15, -0.1) is 23.2 Å². The highest BCUT2D eigenvalue weighted by Gasteiger charge is 2.24. The van der Waals surface area contributed by atoms with Crippen molar-refractivity contribution in [2.75, 3.05) is 11.2 Å². The van der Waals surface area contributed by atoms with Gasteiger partial charge < -0.3 is 0 Å². The summed E-state index contributed by atoms with van der Waals surface area (Å²) in [5.41, 5.74) is 1.15. The second-order valence-corrected chi connectivity index (χ2v) is 7.21. The van der Waals surface area contributed by atoms with Gasteiger partial charge >= 0.3 is 0 Å². The lowest BCUT2D eigenvalue weighted by Gasteiger charge is -2.23. The van der Waals surface area contributed by atoms with E-state index < -0.39 is 0 Å². The quantitative estimate of drug-likeness (QED) is 0.503. The van der Waals surface area contributed by atoms with Gasteiger partial charge in [0.05, 0.1) is 10.8 Å². The van der Waals surface area contributed by atoms with E-state index in [0.29, 0.717) is 5.88 Å². The molecule has 0 saturated carbocycles. The zero-order valence-corrected chi connectivity index (χ0v) is 14.2. The molecule has 0 radical (unpaired) electrons. The van der Waals surface area contributed by atoms with E-state index in [-0.39, 0.29) is 9.70 Å². The van der Waals surface area contributed by atoms with E-state index in [1.165, 1.54) is 0 Å². The Morgan fingerprint density at radius 2 is 1.93 bits per heavy atom. The molecule has 0 fully saturated rings. The third kappa shape index (κ3) is 6.78. The lowest BCUT2D eigenvalue weighted by molar-refractivity contribution is 0.616. The van der Waals surface area contributed by atoms with Gasteiger partial charge in [0.15, 0.2) is 0 Å². The topological polar surface area (TPSA) is 0 Å². The van der Waals surface area contributed by atoms with Crippen LogP contribution in [0, 0.1) is 0 Å². The Labute approximate surface area is 124 Å². The molecule has 0 rings (SSSR count). The van der Waals surface area contributed by atoms with Crippen molar-refractivity contribution in [3.63, 3.8) is 0 Å². The third-order valence-corrected chi connectivity index (χ3v) is 5.72. The fourth-order valence-corrected chi connectivity index (χ4v) is 2.48. The maximum absolute atomic E-state index is 6.19. The number of allylic oxidation sites excluding steroid dienone is 2. The van der Waals surface area contributed by atoms with E-state index in [4.69, 9.17) is 34.8 Å². The van der Waals surface area contributed by atoms with Crippen molar-refractivity contribution in [3.05, 3.63) is 10.6 Å². The molecular weight excluding hydrogens is 386 g/mol. The molecule has 0 amide bonds. The number of alkyl halides is 4. The molecule has 0 bridgehead atoms. The Balaban J connectivity index is 4.25. The Kier molecular flexibility index (Phi) is 8.63. The van der Waals surface area contributed by atoms with Crippen molar-refractivity contribution in [1.82, 2.24) is 0 Å². The van der Waals surface area contributed by atoms with Gasteiger partial charge in [-0.05, 0) is 32.3 Å². The third-order valence-electron chi connectivity index (χ3n) is 2.11. The molecule has 0 saturated heterocycles. The zero-order valence-electron chi connectivity index (χ0n) is 8.80. The Bertz CT molecular complexity index is 221. The van der Waals surface area contributed by atoms with Crippen LogP contribution in [0.25, 0.3) is 0 Å². The summed E-state index contributed by atoms with van der Waals surface area (Å²) in [4.78, 5) is 0.0192. The Morgan fingerprint density at radius 3 is 2.27 bits per heavy atom. The summed E-state index contributed by atoms with van der Waals surface area (Å²) >= 11 is 24.9. The highest BCUT2D eigenvalue weighted by molar-refractivity contribution is 9.09. The molecule has 0 aromatic rings. The van der Waals surface area contributed by atoms with Crippen molar-refractivity contribution in [1.29, 1.82) is 0 Å². The van der Waals surface area contributed by atoms with Crippen LogP contribution in [0.4, 0.5) is 0 Å². The summed E-state index contributed by atoms with van der Waals surface area (Å²) in [6.45, 7) is 3.99. The van der Waals surface area contributed by atoms with Gasteiger partial charge in [-0.1, -0.05) is 43.5 Å². The highest BCUT2D eigenvalue weighted by atomic mass is 79.9. The van der Waals surface area contributed by atoms with E-state index in [9.17, 15) is 0 Å². The first-order chi connectivity index (χ1) is 6.82. The van der Waals surface area contributed by atoms with Crippen molar-refractivity contribution >= 4 is 66.7 Å². The number of hydrogen-bond donors (Lipinski definition) is 0.